The normalized spacial score (nSPS) is 10.1. The maximum Gasteiger partial charge on any atom is 0.226 e. The minimum Gasteiger partial charge on any atom is -0.409 e. The van der Waals surface area contributed by atoms with Crippen molar-refractivity contribution in [3.05, 3.63) is 142 Å². The zero-order valence-corrected chi connectivity index (χ0v) is 25.7. The third-order valence-corrected chi connectivity index (χ3v) is 6.10. The Morgan fingerprint density at radius 2 is 1.30 bits per heavy atom. The van der Waals surface area contributed by atoms with Crippen LogP contribution in [0.2, 0.25) is 0 Å². The highest BCUT2D eigenvalue weighted by atomic mass is 35.5. The van der Waals surface area contributed by atoms with Crippen molar-refractivity contribution in [2.75, 3.05) is 0 Å². The Labute approximate surface area is 270 Å². The molecule has 0 bridgehead atoms. The van der Waals surface area contributed by atoms with E-state index in [-0.39, 0.29) is 22.7 Å². The molecule has 0 unspecified atom stereocenters. The van der Waals surface area contributed by atoms with Gasteiger partial charge >= 0.3 is 0 Å². The van der Waals surface area contributed by atoms with Crippen molar-refractivity contribution in [3.8, 4) is 35.1 Å². The number of nitrogens with zero attached hydrogens (tertiary/aromatic N) is 3. The molecule has 0 atom stereocenters. The Kier molecular flexibility index (Phi) is 13.7. The van der Waals surface area contributed by atoms with Crippen molar-refractivity contribution < 1.29 is 23.3 Å². The number of amidine groups is 1. The number of aryl methyl sites for hydroxylation is 1. The van der Waals surface area contributed by atoms with E-state index in [0.717, 1.165) is 16.7 Å². The SMILES string of the molecule is CCC(=O)Cl.CCc1nc(-c2ccc(C#Cc3cccc(F)c3)cc2)no1.N/C(=N\O)c1ccc(C#Cc2cccc(F)c2)cc1. The molecule has 10 heteroatoms. The fraction of sp³-hybridized carbons (Fsp3) is 0.111. The molecule has 232 valence electrons. The Morgan fingerprint density at radius 1 is 0.826 bits per heavy atom. The van der Waals surface area contributed by atoms with Crippen molar-refractivity contribution >= 4 is 22.7 Å². The van der Waals surface area contributed by atoms with E-state index in [2.05, 4.69) is 39.0 Å². The average Bonchev–Trinajstić information content (AvgIpc) is 3.57. The molecule has 5 aromatic rings. The van der Waals surface area contributed by atoms with Gasteiger partial charge in [-0.05, 0) is 96.5 Å². The zero-order valence-electron chi connectivity index (χ0n) is 25.0. The molecule has 0 amide bonds. The molecular formula is C36H29ClF2N4O3. The standard InChI is InChI=1S/C18H13FN2O.C15H11FN2O.C3H5ClO/c1-2-17-20-18(21-22-17)15-10-8-13(9-11-15)6-7-14-4-3-5-16(19)12-14;16-14-3-1-2-12(10-14)5-4-11-6-8-13(9-7-11)15(17)18-19;1-2-3(4)5/h3-5,8-12H,2H2,1H3;1-3,6-10,19H,(H2,17,18);2H2,1H3. The first-order chi connectivity index (χ1) is 22.2. The van der Waals surface area contributed by atoms with E-state index in [9.17, 15) is 13.6 Å². The van der Waals surface area contributed by atoms with Crippen LogP contribution < -0.4 is 5.73 Å². The molecule has 7 nitrogen and oxygen atoms in total. The van der Waals surface area contributed by atoms with Gasteiger partial charge in [0.1, 0.15) is 11.6 Å². The molecule has 46 heavy (non-hydrogen) atoms. The summed E-state index contributed by atoms with van der Waals surface area (Å²) < 4.78 is 31.1. The summed E-state index contributed by atoms with van der Waals surface area (Å²) in [6, 6.07) is 26.8. The molecule has 0 fully saturated rings. The van der Waals surface area contributed by atoms with Crippen LogP contribution in [0, 0.1) is 35.3 Å². The summed E-state index contributed by atoms with van der Waals surface area (Å²) in [7, 11) is 0. The lowest BCUT2D eigenvalue weighted by molar-refractivity contribution is -0.111. The van der Waals surface area contributed by atoms with Crippen LogP contribution in [-0.4, -0.2) is 26.4 Å². The molecule has 1 heterocycles. The quantitative estimate of drug-likeness (QED) is 0.0532. The Balaban J connectivity index is 0.000000221. The van der Waals surface area contributed by atoms with E-state index in [1.54, 1.807) is 55.5 Å². The Morgan fingerprint density at radius 3 is 1.72 bits per heavy atom. The van der Waals surface area contributed by atoms with E-state index in [4.69, 9.17) is 27.1 Å². The van der Waals surface area contributed by atoms with Crippen molar-refractivity contribution in [3.63, 3.8) is 0 Å². The van der Waals surface area contributed by atoms with Crippen LogP contribution in [0.15, 0.2) is 107 Å². The van der Waals surface area contributed by atoms with Gasteiger partial charge in [0.25, 0.3) is 0 Å². The predicted molar refractivity (Wildman–Crippen MR) is 174 cm³/mol. The minimum atomic E-state index is -0.311. The number of benzene rings is 4. The monoisotopic (exact) mass is 638 g/mol. The lowest BCUT2D eigenvalue weighted by atomic mass is 10.1. The van der Waals surface area contributed by atoms with Gasteiger partial charge in [-0.25, -0.2) is 8.78 Å². The summed E-state index contributed by atoms with van der Waals surface area (Å²) in [5, 5.41) is 15.1. The van der Waals surface area contributed by atoms with Gasteiger partial charge in [-0.3, -0.25) is 4.79 Å². The zero-order chi connectivity index (χ0) is 33.3. The van der Waals surface area contributed by atoms with Gasteiger partial charge in [-0.2, -0.15) is 4.98 Å². The van der Waals surface area contributed by atoms with Crippen LogP contribution in [0.4, 0.5) is 8.78 Å². The van der Waals surface area contributed by atoms with Crippen molar-refractivity contribution in [2.45, 2.75) is 26.7 Å². The fourth-order valence-corrected chi connectivity index (χ4v) is 3.42. The number of carbonyl (C=O) groups excluding carboxylic acids is 1. The fourth-order valence-electron chi connectivity index (χ4n) is 3.42. The van der Waals surface area contributed by atoms with Crippen LogP contribution in [0.5, 0.6) is 0 Å². The number of hydrogen-bond donors (Lipinski definition) is 2. The second-order valence-corrected chi connectivity index (χ2v) is 9.66. The maximum atomic E-state index is 13.1. The average molecular weight is 639 g/mol. The molecule has 1 aromatic heterocycles. The third kappa shape index (κ3) is 11.7. The van der Waals surface area contributed by atoms with E-state index < -0.39 is 0 Å². The van der Waals surface area contributed by atoms with Crippen LogP contribution >= 0.6 is 11.6 Å². The summed E-state index contributed by atoms with van der Waals surface area (Å²) in [5.74, 6) is 12.3. The number of rotatable bonds is 4. The van der Waals surface area contributed by atoms with Gasteiger partial charge in [-0.1, -0.05) is 60.0 Å². The number of oxime groups is 1. The van der Waals surface area contributed by atoms with Gasteiger partial charge in [0, 0.05) is 46.2 Å². The number of carbonyl (C=O) groups is 1. The number of aromatic nitrogens is 2. The van der Waals surface area contributed by atoms with Gasteiger partial charge in [0.05, 0.1) is 0 Å². The van der Waals surface area contributed by atoms with Gasteiger partial charge < -0.3 is 15.5 Å². The van der Waals surface area contributed by atoms with E-state index in [1.165, 1.54) is 24.3 Å². The van der Waals surface area contributed by atoms with E-state index in [1.807, 2.05) is 31.2 Å². The molecule has 0 radical (unpaired) electrons. The minimum absolute atomic E-state index is 0.0460. The largest absolute Gasteiger partial charge is 0.409 e. The van der Waals surface area contributed by atoms with Gasteiger partial charge in [0.2, 0.25) is 17.0 Å². The second-order valence-electron chi connectivity index (χ2n) is 9.23. The van der Waals surface area contributed by atoms with Crippen LogP contribution in [0.25, 0.3) is 11.4 Å². The molecule has 0 spiro atoms. The number of hydrogen-bond acceptors (Lipinski definition) is 6. The summed E-state index contributed by atoms with van der Waals surface area (Å²) in [4.78, 5) is 13.9. The highest BCUT2D eigenvalue weighted by Gasteiger charge is 2.06. The van der Waals surface area contributed by atoms with Crippen LogP contribution in [0.3, 0.4) is 0 Å². The van der Waals surface area contributed by atoms with Crippen molar-refractivity contribution in [1.82, 2.24) is 10.1 Å². The predicted octanol–water partition coefficient (Wildman–Crippen LogP) is 7.32. The van der Waals surface area contributed by atoms with E-state index in [0.29, 0.717) is 41.2 Å². The van der Waals surface area contributed by atoms with E-state index >= 15 is 0 Å². The lowest BCUT2D eigenvalue weighted by Gasteiger charge is -1.97. The molecule has 5 rings (SSSR count). The topological polar surface area (TPSA) is 115 Å². The number of halogens is 3. The summed E-state index contributed by atoms with van der Waals surface area (Å²) in [6.07, 6.45) is 1.14. The summed E-state index contributed by atoms with van der Waals surface area (Å²) in [5.41, 5.74) is 9.80. The second kappa shape index (κ2) is 18.1. The number of nitrogens with two attached hydrogens (primary N) is 1. The molecule has 0 aliphatic heterocycles. The van der Waals surface area contributed by atoms with Crippen LogP contribution in [0.1, 0.15) is 54.0 Å². The van der Waals surface area contributed by atoms with Gasteiger partial charge in [-0.15, -0.1) is 0 Å². The first-order valence-corrected chi connectivity index (χ1v) is 14.3. The van der Waals surface area contributed by atoms with Crippen molar-refractivity contribution in [2.24, 2.45) is 10.9 Å². The molecule has 0 aliphatic carbocycles. The molecule has 0 saturated carbocycles. The Bertz CT molecular complexity index is 1900. The van der Waals surface area contributed by atoms with Crippen molar-refractivity contribution in [1.29, 1.82) is 0 Å². The van der Waals surface area contributed by atoms with Gasteiger partial charge in [0.15, 0.2) is 5.84 Å². The summed E-state index contributed by atoms with van der Waals surface area (Å²) in [6.45, 7) is 3.68. The lowest BCUT2D eigenvalue weighted by Crippen LogP contribution is -2.12. The van der Waals surface area contributed by atoms with Crippen LogP contribution in [-0.2, 0) is 11.2 Å². The molecule has 0 saturated heterocycles. The molecule has 0 aliphatic rings. The Hall–Kier alpha value is -5.77. The maximum absolute atomic E-state index is 13.1. The highest BCUT2D eigenvalue weighted by Crippen LogP contribution is 2.16. The molecule has 3 N–H and O–H groups in total. The smallest absolute Gasteiger partial charge is 0.226 e. The molecular weight excluding hydrogens is 610 g/mol. The highest BCUT2D eigenvalue weighted by molar-refractivity contribution is 6.63. The summed E-state index contributed by atoms with van der Waals surface area (Å²) >= 11 is 4.82. The first-order valence-electron chi connectivity index (χ1n) is 13.9. The molecule has 4 aromatic carbocycles. The third-order valence-electron chi connectivity index (χ3n) is 5.83. The first kappa shape index (κ1) is 34.7.